The van der Waals surface area contributed by atoms with Crippen molar-refractivity contribution in [3.8, 4) is 0 Å². The maximum atomic E-state index is 12.6. The van der Waals surface area contributed by atoms with Gasteiger partial charge in [-0.05, 0) is 20.8 Å². The number of rotatable bonds is 8. The Kier molecular flexibility index (Phi) is 7.31. The quantitative estimate of drug-likeness (QED) is 0.498. The number of hydrogen-bond donors (Lipinski definition) is 0. The molecule has 0 heterocycles. The number of carbonyl (C=O) groups excluding carboxylic acids is 2. The van der Waals surface area contributed by atoms with Gasteiger partial charge < -0.3 is 9.53 Å². The molecule has 0 spiro atoms. The van der Waals surface area contributed by atoms with Gasteiger partial charge >= 0.3 is 16.3 Å². The summed E-state index contributed by atoms with van der Waals surface area (Å²) in [5.41, 5.74) is -1.06. The third kappa shape index (κ3) is 5.31. The average Bonchev–Trinajstić information content (AvgIpc) is 2.34. The first-order valence-electron chi connectivity index (χ1n) is 6.25. The number of hydrogen-bond acceptors (Lipinski definition) is 5. The molecule has 0 aromatic heterocycles. The molecule has 0 bridgehead atoms. The summed E-state index contributed by atoms with van der Waals surface area (Å²) >= 11 is 0. The number of ether oxygens (including phenoxy) is 1. The second kappa shape index (κ2) is 7.94. The number of carbonyl (C=O) groups is 2. The Morgan fingerprint density at radius 3 is 2.14 bits per heavy atom. The van der Waals surface area contributed by atoms with E-state index in [0.29, 0.717) is 10.6 Å². The molecule has 0 aromatic carbocycles. The molecule has 0 radical (unpaired) electrons. The molecule has 0 N–H and O–H groups in total. The Balaban J connectivity index is 5.67. The molecule has 0 rings (SSSR count). The Hall–Kier alpha value is -1.67. The summed E-state index contributed by atoms with van der Waals surface area (Å²) < 4.78 is 31.4. The van der Waals surface area contributed by atoms with Gasteiger partial charge in [0.05, 0.1) is 12.1 Å². The third-order valence-corrected chi connectivity index (χ3v) is 4.38. The highest BCUT2D eigenvalue weighted by molar-refractivity contribution is 7.87. The van der Waals surface area contributed by atoms with Crippen LogP contribution in [-0.2, 0) is 19.7 Å². The fraction of sp³-hybridized carbons (Fsp3) is 0.538. The van der Waals surface area contributed by atoms with Crippen LogP contribution in [-0.4, -0.2) is 54.6 Å². The molecule has 7 nitrogen and oxygen atoms in total. The van der Waals surface area contributed by atoms with E-state index in [-0.39, 0.29) is 19.7 Å². The second-order valence-corrected chi connectivity index (χ2v) is 6.86. The Labute approximate surface area is 126 Å². The maximum Gasteiger partial charge on any atom is 0.425 e. The smallest absolute Gasteiger partial charge is 0.425 e. The van der Waals surface area contributed by atoms with Crippen molar-refractivity contribution in [2.45, 2.75) is 26.3 Å². The molecule has 120 valence electrons. The zero-order valence-corrected chi connectivity index (χ0v) is 13.4. The van der Waals surface area contributed by atoms with E-state index in [0.717, 1.165) is 4.31 Å². The fourth-order valence-electron chi connectivity index (χ4n) is 1.51. The first-order chi connectivity index (χ1) is 9.62. The molecule has 0 fully saturated rings. The third-order valence-electron chi connectivity index (χ3n) is 2.27. The molecule has 21 heavy (non-hydrogen) atoms. The summed E-state index contributed by atoms with van der Waals surface area (Å²) in [7, 11) is -4.22. The van der Waals surface area contributed by atoms with Crippen molar-refractivity contribution in [1.29, 1.82) is 0 Å². The van der Waals surface area contributed by atoms with Gasteiger partial charge in [0.15, 0.2) is 0 Å². The lowest BCUT2D eigenvalue weighted by atomic mass is 10.1. The van der Waals surface area contributed by atoms with Crippen LogP contribution in [0.25, 0.3) is 0 Å². The topological polar surface area (TPSA) is 84.0 Å². The van der Waals surface area contributed by atoms with Crippen molar-refractivity contribution >= 4 is 22.6 Å². The number of aldehydes is 1. The predicted octanol–water partition coefficient (Wildman–Crippen LogP) is 1.34. The van der Waals surface area contributed by atoms with Crippen molar-refractivity contribution in [1.82, 2.24) is 8.61 Å². The van der Waals surface area contributed by atoms with Crippen LogP contribution in [0.2, 0.25) is 0 Å². The van der Waals surface area contributed by atoms with Gasteiger partial charge in [0.25, 0.3) is 0 Å². The molecule has 0 atom stereocenters. The maximum absolute atomic E-state index is 12.6. The van der Waals surface area contributed by atoms with Gasteiger partial charge in [-0.2, -0.15) is 17.0 Å². The SMILES string of the molecule is C=CCOC(=O)N(C(C)(C)C)S(=O)(=O)N(CC=C)CC=O. The van der Waals surface area contributed by atoms with Crippen LogP contribution in [0.5, 0.6) is 0 Å². The molecule has 0 unspecified atom stereocenters. The molecule has 0 aromatic rings. The standard InChI is InChI=1S/C13H22N2O5S/c1-6-8-14(9-10-16)21(18,19)15(13(3,4)5)12(17)20-11-7-2/h6-7,10H,1-2,8-9,11H2,3-5H3. The van der Waals surface area contributed by atoms with Crippen molar-refractivity contribution in [2.24, 2.45) is 0 Å². The van der Waals surface area contributed by atoms with Gasteiger partial charge in [0, 0.05) is 6.54 Å². The molecule has 0 saturated heterocycles. The van der Waals surface area contributed by atoms with Crippen LogP contribution in [0, 0.1) is 0 Å². The lowest BCUT2D eigenvalue weighted by molar-refractivity contribution is -0.108. The first kappa shape index (κ1) is 19.3. The highest BCUT2D eigenvalue weighted by Gasteiger charge is 2.41. The Bertz CT molecular complexity index is 483. The fourth-order valence-corrected chi connectivity index (χ4v) is 3.22. The summed E-state index contributed by atoms with van der Waals surface area (Å²) in [6.45, 7) is 10.9. The zero-order chi connectivity index (χ0) is 16.7. The molecule has 0 aliphatic heterocycles. The van der Waals surface area contributed by atoms with E-state index in [2.05, 4.69) is 13.2 Å². The molecular weight excluding hydrogens is 296 g/mol. The number of amides is 1. The van der Waals surface area contributed by atoms with E-state index in [4.69, 9.17) is 4.74 Å². The lowest BCUT2D eigenvalue weighted by Gasteiger charge is -2.36. The summed E-state index contributed by atoms with van der Waals surface area (Å²) in [5, 5.41) is 0. The van der Waals surface area contributed by atoms with Crippen LogP contribution in [0.4, 0.5) is 4.79 Å². The normalized spacial score (nSPS) is 11.8. The molecule has 0 saturated carbocycles. The van der Waals surface area contributed by atoms with Gasteiger partial charge in [-0.15, -0.1) is 6.58 Å². The van der Waals surface area contributed by atoms with Crippen molar-refractivity contribution < 1.29 is 22.7 Å². The molecule has 0 aliphatic carbocycles. The van der Waals surface area contributed by atoms with E-state index < -0.39 is 21.8 Å². The summed E-state index contributed by atoms with van der Waals surface area (Å²) in [6, 6.07) is 0. The summed E-state index contributed by atoms with van der Waals surface area (Å²) in [5.74, 6) is 0. The lowest BCUT2D eigenvalue weighted by Crippen LogP contribution is -2.55. The second-order valence-electron chi connectivity index (χ2n) is 5.08. The summed E-state index contributed by atoms with van der Waals surface area (Å²) in [4.78, 5) is 22.7. The van der Waals surface area contributed by atoms with Crippen molar-refractivity contribution in [2.75, 3.05) is 19.7 Å². The van der Waals surface area contributed by atoms with E-state index in [1.807, 2.05) is 0 Å². The van der Waals surface area contributed by atoms with E-state index >= 15 is 0 Å². The van der Waals surface area contributed by atoms with Crippen LogP contribution in [0.1, 0.15) is 20.8 Å². The number of nitrogens with zero attached hydrogens (tertiary/aromatic N) is 2. The van der Waals surface area contributed by atoms with Crippen LogP contribution < -0.4 is 0 Å². The Morgan fingerprint density at radius 1 is 1.19 bits per heavy atom. The largest absolute Gasteiger partial charge is 0.444 e. The first-order valence-corrected chi connectivity index (χ1v) is 7.65. The van der Waals surface area contributed by atoms with E-state index in [9.17, 15) is 18.0 Å². The van der Waals surface area contributed by atoms with Gasteiger partial charge in [0.1, 0.15) is 12.9 Å². The highest BCUT2D eigenvalue weighted by Crippen LogP contribution is 2.22. The zero-order valence-electron chi connectivity index (χ0n) is 12.6. The van der Waals surface area contributed by atoms with Gasteiger partial charge in [-0.3, -0.25) is 0 Å². The molecule has 1 amide bonds. The van der Waals surface area contributed by atoms with Crippen LogP contribution in [0.15, 0.2) is 25.3 Å². The van der Waals surface area contributed by atoms with Crippen molar-refractivity contribution in [3.63, 3.8) is 0 Å². The van der Waals surface area contributed by atoms with Gasteiger partial charge in [-0.25, -0.2) is 4.79 Å². The van der Waals surface area contributed by atoms with Crippen LogP contribution >= 0.6 is 0 Å². The predicted molar refractivity (Wildman–Crippen MR) is 79.9 cm³/mol. The Morgan fingerprint density at radius 2 is 1.76 bits per heavy atom. The monoisotopic (exact) mass is 318 g/mol. The van der Waals surface area contributed by atoms with E-state index in [1.54, 1.807) is 20.8 Å². The molecule has 8 heteroatoms. The highest BCUT2D eigenvalue weighted by atomic mass is 32.2. The minimum atomic E-state index is -4.22. The van der Waals surface area contributed by atoms with Gasteiger partial charge in [0.2, 0.25) is 0 Å². The van der Waals surface area contributed by atoms with Crippen LogP contribution in [0.3, 0.4) is 0 Å². The minimum absolute atomic E-state index is 0.0948. The van der Waals surface area contributed by atoms with E-state index in [1.165, 1.54) is 12.2 Å². The summed E-state index contributed by atoms with van der Waals surface area (Å²) in [6.07, 6.45) is 2.08. The van der Waals surface area contributed by atoms with Gasteiger partial charge in [-0.1, -0.05) is 18.7 Å². The average molecular weight is 318 g/mol. The van der Waals surface area contributed by atoms with Crippen molar-refractivity contribution in [3.05, 3.63) is 25.3 Å². The molecule has 0 aliphatic rings. The minimum Gasteiger partial charge on any atom is -0.444 e. The molecular formula is C13H22N2O5S.